The molecule has 3 aromatic rings. The van der Waals surface area contributed by atoms with Gasteiger partial charge in [0.2, 0.25) is 0 Å². The fourth-order valence-corrected chi connectivity index (χ4v) is 2.90. The zero-order valence-corrected chi connectivity index (χ0v) is 16.7. The summed E-state index contributed by atoms with van der Waals surface area (Å²) in [6.45, 7) is 6.26. The SMILES string of the molecule is CCNC(=NCc1ccc(-n2ccnc2)c(F)c1)NCc1ccccc1OCC. The van der Waals surface area contributed by atoms with E-state index in [1.807, 2.05) is 44.2 Å². The topological polar surface area (TPSA) is 63.5 Å². The molecule has 0 aliphatic rings. The number of rotatable bonds is 8. The maximum absolute atomic E-state index is 14.4. The van der Waals surface area contributed by atoms with Crippen LogP contribution in [0.5, 0.6) is 5.75 Å². The predicted molar refractivity (Wildman–Crippen MR) is 113 cm³/mol. The molecule has 0 aliphatic heterocycles. The molecule has 0 amide bonds. The van der Waals surface area contributed by atoms with Gasteiger partial charge in [0.05, 0.1) is 25.2 Å². The van der Waals surface area contributed by atoms with E-state index < -0.39 is 0 Å². The van der Waals surface area contributed by atoms with Crippen LogP contribution < -0.4 is 15.4 Å². The quantitative estimate of drug-likeness (QED) is 0.451. The van der Waals surface area contributed by atoms with E-state index in [0.29, 0.717) is 31.3 Å². The fourth-order valence-electron chi connectivity index (χ4n) is 2.90. The Morgan fingerprint density at radius 1 is 1.17 bits per heavy atom. The molecule has 1 aromatic heterocycles. The molecule has 0 aliphatic carbocycles. The Morgan fingerprint density at radius 3 is 2.76 bits per heavy atom. The summed E-state index contributed by atoms with van der Waals surface area (Å²) in [5, 5.41) is 6.52. The molecule has 29 heavy (non-hydrogen) atoms. The Kier molecular flexibility index (Phi) is 7.22. The van der Waals surface area contributed by atoms with Gasteiger partial charge in [-0.3, -0.25) is 0 Å². The van der Waals surface area contributed by atoms with Gasteiger partial charge in [0.1, 0.15) is 11.6 Å². The van der Waals surface area contributed by atoms with Crippen molar-refractivity contribution in [1.82, 2.24) is 20.2 Å². The van der Waals surface area contributed by atoms with Gasteiger partial charge in [-0.15, -0.1) is 0 Å². The van der Waals surface area contributed by atoms with Gasteiger partial charge in [-0.2, -0.15) is 0 Å². The van der Waals surface area contributed by atoms with Crippen LogP contribution in [0.15, 0.2) is 66.2 Å². The van der Waals surface area contributed by atoms with Crippen LogP contribution in [0, 0.1) is 5.82 Å². The van der Waals surface area contributed by atoms with Gasteiger partial charge in [0.25, 0.3) is 0 Å². The summed E-state index contributed by atoms with van der Waals surface area (Å²) in [5.74, 6) is 1.22. The number of aromatic nitrogens is 2. The molecule has 0 fully saturated rings. The lowest BCUT2D eigenvalue weighted by Gasteiger charge is -2.14. The molecule has 0 spiro atoms. The van der Waals surface area contributed by atoms with Gasteiger partial charge < -0.3 is 19.9 Å². The third kappa shape index (κ3) is 5.57. The Morgan fingerprint density at radius 2 is 2.03 bits per heavy atom. The van der Waals surface area contributed by atoms with Gasteiger partial charge >= 0.3 is 0 Å². The largest absolute Gasteiger partial charge is 0.494 e. The highest BCUT2D eigenvalue weighted by Gasteiger charge is 2.07. The van der Waals surface area contributed by atoms with E-state index in [9.17, 15) is 4.39 Å². The Balaban J connectivity index is 1.67. The molecule has 0 atom stereocenters. The summed E-state index contributed by atoms with van der Waals surface area (Å²) in [6, 6.07) is 13.0. The standard InChI is InChI=1S/C22H26FN5O/c1-3-25-22(27-15-18-7-5-6-8-21(18)29-4-2)26-14-17-9-10-20(19(23)13-17)28-12-11-24-16-28/h5-13,16H,3-4,14-15H2,1-2H3,(H2,25,26,27). The maximum Gasteiger partial charge on any atom is 0.191 e. The number of benzene rings is 2. The molecule has 0 saturated carbocycles. The first kappa shape index (κ1) is 20.4. The van der Waals surface area contributed by atoms with Crippen molar-refractivity contribution in [2.75, 3.05) is 13.2 Å². The minimum absolute atomic E-state index is 0.306. The van der Waals surface area contributed by atoms with Crippen LogP contribution in [0.25, 0.3) is 5.69 Å². The smallest absolute Gasteiger partial charge is 0.191 e. The van der Waals surface area contributed by atoms with E-state index in [1.165, 1.54) is 6.07 Å². The van der Waals surface area contributed by atoms with E-state index >= 15 is 0 Å². The molecule has 2 aromatic carbocycles. The number of para-hydroxylation sites is 1. The first-order valence-corrected chi connectivity index (χ1v) is 9.71. The number of nitrogens with zero attached hydrogens (tertiary/aromatic N) is 3. The monoisotopic (exact) mass is 395 g/mol. The van der Waals surface area contributed by atoms with Crippen molar-refractivity contribution in [3.05, 3.63) is 78.1 Å². The number of guanidine groups is 1. The summed E-state index contributed by atoms with van der Waals surface area (Å²) in [6.07, 6.45) is 4.91. The van der Waals surface area contributed by atoms with Crippen molar-refractivity contribution in [3.63, 3.8) is 0 Å². The second kappa shape index (κ2) is 10.3. The highest BCUT2D eigenvalue weighted by Crippen LogP contribution is 2.18. The average molecular weight is 395 g/mol. The lowest BCUT2D eigenvalue weighted by Crippen LogP contribution is -2.36. The molecule has 0 unspecified atom stereocenters. The Bertz CT molecular complexity index is 940. The molecule has 152 valence electrons. The molecule has 2 N–H and O–H groups in total. The number of hydrogen-bond donors (Lipinski definition) is 2. The van der Waals surface area contributed by atoms with Crippen molar-refractivity contribution < 1.29 is 9.13 Å². The Hall–Kier alpha value is -3.35. The molecule has 3 rings (SSSR count). The van der Waals surface area contributed by atoms with Crippen molar-refractivity contribution >= 4 is 5.96 Å². The van der Waals surface area contributed by atoms with Crippen molar-refractivity contribution in [2.45, 2.75) is 26.9 Å². The van der Waals surface area contributed by atoms with Crippen LogP contribution in [0.1, 0.15) is 25.0 Å². The van der Waals surface area contributed by atoms with Crippen molar-refractivity contribution in [3.8, 4) is 11.4 Å². The maximum atomic E-state index is 14.4. The van der Waals surface area contributed by atoms with E-state index in [0.717, 1.165) is 23.4 Å². The highest BCUT2D eigenvalue weighted by molar-refractivity contribution is 5.79. The number of halogens is 1. The zero-order valence-electron chi connectivity index (χ0n) is 16.7. The summed E-state index contributed by atoms with van der Waals surface area (Å²) in [5.41, 5.74) is 2.31. The van der Waals surface area contributed by atoms with E-state index in [1.54, 1.807) is 29.4 Å². The molecule has 0 saturated heterocycles. The fraction of sp³-hybridized carbons (Fsp3) is 0.273. The normalized spacial score (nSPS) is 11.3. The lowest BCUT2D eigenvalue weighted by atomic mass is 10.2. The third-order valence-corrected chi connectivity index (χ3v) is 4.28. The zero-order chi connectivity index (χ0) is 20.5. The van der Waals surface area contributed by atoms with Gasteiger partial charge in [-0.1, -0.05) is 24.3 Å². The van der Waals surface area contributed by atoms with Crippen LogP contribution >= 0.6 is 0 Å². The van der Waals surface area contributed by atoms with Gasteiger partial charge in [0, 0.05) is 31.0 Å². The molecular formula is C22H26FN5O. The van der Waals surface area contributed by atoms with E-state index in [2.05, 4.69) is 20.6 Å². The number of aliphatic imine (C=N–C) groups is 1. The Labute approximate surface area is 170 Å². The molecule has 1 heterocycles. The van der Waals surface area contributed by atoms with Crippen molar-refractivity contribution in [1.29, 1.82) is 0 Å². The summed E-state index contributed by atoms with van der Waals surface area (Å²) >= 11 is 0. The first-order valence-electron chi connectivity index (χ1n) is 9.71. The first-order chi connectivity index (χ1) is 14.2. The second-order valence-electron chi connectivity index (χ2n) is 6.35. The molecule has 7 heteroatoms. The lowest BCUT2D eigenvalue weighted by molar-refractivity contribution is 0.336. The average Bonchev–Trinajstić information content (AvgIpc) is 3.26. The van der Waals surface area contributed by atoms with Crippen LogP contribution in [0.2, 0.25) is 0 Å². The predicted octanol–water partition coefficient (Wildman–Crippen LogP) is 3.67. The molecular weight excluding hydrogens is 369 g/mol. The third-order valence-electron chi connectivity index (χ3n) is 4.28. The number of nitrogens with one attached hydrogen (secondary N) is 2. The molecule has 6 nitrogen and oxygen atoms in total. The van der Waals surface area contributed by atoms with Crippen LogP contribution in [-0.2, 0) is 13.1 Å². The van der Waals surface area contributed by atoms with E-state index in [-0.39, 0.29) is 5.82 Å². The number of ether oxygens (including phenoxy) is 1. The molecule has 0 bridgehead atoms. The second-order valence-corrected chi connectivity index (χ2v) is 6.35. The van der Waals surface area contributed by atoms with Gasteiger partial charge in [-0.25, -0.2) is 14.4 Å². The minimum Gasteiger partial charge on any atom is -0.494 e. The minimum atomic E-state index is -0.306. The summed E-state index contributed by atoms with van der Waals surface area (Å²) < 4.78 is 21.7. The van der Waals surface area contributed by atoms with Crippen molar-refractivity contribution in [2.24, 2.45) is 4.99 Å². The van der Waals surface area contributed by atoms with Crippen LogP contribution in [-0.4, -0.2) is 28.7 Å². The van der Waals surface area contributed by atoms with Crippen LogP contribution in [0.4, 0.5) is 4.39 Å². The van der Waals surface area contributed by atoms with Gasteiger partial charge in [0.15, 0.2) is 5.96 Å². The van der Waals surface area contributed by atoms with Gasteiger partial charge in [-0.05, 0) is 37.6 Å². The highest BCUT2D eigenvalue weighted by atomic mass is 19.1. The summed E-state index contributed by atoms with van der Waals surface area (Å²) in [4.78, 5) is 8.53. The summed E-state index contributed by atoms with van der Waals surface area (Å²) in [7, 11) is 0. The molecule has 0 radical (unpaired) electrons. The van der Waals surface area contributed by atoms with E-state index in [4.69, 9.17) is 4.74 Å². The van der Waals surface area contributed by atoms with Crippen LogP contribution in [0.3, 0.4) is 0 Å². The number of hydrogen-bond acceptors (Lipinski definition) is 3. The number of imidazole rings is 1.